The van der Waals surface area contributed by atoms with Crippen LogP contribution in [0.4, 0.5) is 22.2 Å². The fourth-order valence-electron chi connectivity index (χ4n) is 2.91. The Morgan fingerprint density at radius 1 is 1.30 bits per heavy atom. The molecule has 3 N–H and O–H groups in total. The van der Waals surface area contributed by atoms with Crippen LogP contribution in [-0.2, 0) is 14.5 Å². The van der Waals surface area contributed by atoms with Crippen LogP contribution in [0.3, 0.4) is 0 Å². The maximum Gasteiger partial charge on any atom is 0.442 e. The summed E-state index contributed by atoms with van der Waals surface area (Å²) in [5, 5.41) is 17.8. The van der Waals surface area contributed by atoms with Gasteiger partial charge in [0.15, 0.2) is 0 Å². The van der Waals surface area contributed by atoms with Crippen LogP contribution in [0.2, 0.25) is 0 Å². The number of carbonyl (C=O) groups excluding carboxylic acids is 1. The van der Waals surface area contributed by atoms with Gasteiger partial charge in [0, 0.05) is 34.0 Å². The minimum absolute atomic E-state index is 0.0375. The standard InChI is InChI=1S/C22H27N5O4S2/c1-5-31-22(29)27-33(4,30)17-8-6-16(7-9-17)25-21-23-12-18(19-14(2)10-11-32-19)20(26-21)24-15(3)13-28/h6-12,15,28H,5,13H2,1-4H3,(H2,23,24,25,26)/t15-,33?/m1/s1. The van der Waals surface area contributed by atoms with E-state index >= 15 is 0 Å². The van der Waals surface area contributed by atoms with Crippen LogP contribution in [0.15, 0.2) is 51.2 Å². The molecule has 0 aliphatic carbocycles. The van der Waals surface area contributed by atoms with Crippen molar-refractivity contribution in [2.24, 2.45) is 4.36 Å². The third-order valence-electron chi connectivity index (χ3n) is 4.62. The Balaban J connectivity index is 1.86. The third kappa shape index (κ3) is 6.28. The molecule has 2 aromatic heterocycles. The van der Waals surface area contributed by atoms with Crippen molar-refractivity contribution >= 4 is 44.6 Å². The Morgan fingerprint density at radius 2 is 2.03 bits per heavy atom. The number of benzene rings is 1. The number of hydrogen-bond acceptors (Lipinski definition) is 9. The SMILES string of the molecule is CCOC(=O)N=S(C)(=O)c1ccc(Nc2ncc(-c3sccc3C)c(N[C@H](C)CO)n2)cc1. The van der Waals surface area contributed by atoms with Gasteiger partial charge in [-0.2, -0.15) is 4.98 Å². The minimum Gasteiger partial charge on any atom is -0.448 e. The fourth-order valence-corrected chi connectivity index (χ4v) is 4.93. The van der Waals surface area contributed by atoms with Crippen LogP contribution in [0.1, 0.15) is 19.4 Å². The molecule has 0 spiro atoms. The van der Waals surface area contributed by atoms with E-state index in [9.17, 15) is 14.1 Å². The van der Waals surface area contributed by atoms with Gasteiger partial charge in [0.05, 0.1) is 28.5 Å². The van der Waals surface area contributed by atoms with Crippen molar-refractivity contribution < 1.29 is 18.8 Å². The molecule has 3 rings (SSSR count). The average Bonchev–Trinajstić information content (AvgIpc) is 3.19. The van der Waals surface area contributed by atoms with Crippen molar-refractivity contribution in [3.8, 4) is 10.4 Å². The second-order valence-electron chi connectivity index (χ2n) is 7.36. The first-order chi connectivity index (χ1) is 15.7. The predicted octanol–water partition coefficient (Wildman–Crippen LogP) is 4.66. The summed E-state index contributed by atoms with van der Waals surface area (Å²) in [6.45, 7) is 5.68. The lowest BCUT2D eigenvalue weighted by molar-refractivity contribution is 0.164. The molecule has 33 heavy (non-hydrogen) atoms. The molecule has 1 aromatic carbocycles. The van der Waals surface area contributed by atoms with Crippen LogP contribution in [-0.4, -0.2) is 50.9 Å². The van der Waals surface area contributed by atoms with Crippen molar-refractivity contribution in [1.29, 1.82) is 0 Å². The molecule has 1 unspecified atom stereocenters. The van der Waals surface area contributed by atoms with Gasteiger partial charge in [-0.05, 0) is 62.0 Å². The summed E-state index contributed by atoms with van der Waals surface area (Å²) in [6.07, 6.45) is 2.28. The number of anilines is 3. The van der Waals surface area contributed by atoms with Crippen LogP contribution < -0.4 is 10.6 Å². The van der Waals surface area contributed by atoms with Gasteiger partial charge >= 0.3 is 6.09 Å². The number of nitrogens with one attached hydrogen (secondary N) is 2. The Hall–Kier alpha value is -3.02. The van der Waals surface area contributed by atoms with Crippen molar-refractivity contribution in [2.75, 3.05) is 30.1 Å². The summed E-state index contributed by atoms with van der Waals surface area (Å²) in [6, 6.07) is 8.53. The second-order valence-corrected chi connectivity index (χ2v) is 10.5. The van der Waals surface area contributed by atoms with E-state index in [2.05, 4.69) is 25.0 Å². The molecule has 0 aliphatic rings. The Labute approximate surface area is 197 Å². The van der Waals surface area contributed by atoms with E-state index in [4.69, 9.17) is 4.74 Å². The monoisotopic (exact) mass is 489 g/mol. The van der Waals surface area contributed by atoms with Crippen LogP contribution in [0.5, 0.6) is 0 Å². The van der Waals surface area contributed by atoms with E-state index < -0.39 is 15.8 Å². The highest BCUT2D eigenvalue weighted by molar-refractivity contribution is 7.93. The van der Waals surface area contributed by atoms with Gasteiger partial charge in [-0.25, -0.2) is 14.0 Å². The van der Waals surface area contributed by atoms with E-state index in [1.807, 2.05) is 25.3 Å². The highest BCUT2D eigenvalue weighted by atomic mass is 32.2. The molecule has 1 amide bonds. The van der Waals surface area contributed by atoms with Crippen LogP contribution >= 0.6 is 11.3 Å². The van der Waals surface area contributed by atoms with E-state index in [1.54, 1.807) is 48.7 Å². The molecule has 9 nitrogen and oxygen atoms in total. The number of hydrogen-bond donors (Lipinski definition) is 3. The van der Waals surface area contributed by atoms with Gasteiger partial charge in [-0.3, -0.25) is 0 Å². The quantitative estimate of drug-likeness (QED) is 0.417. The number of carbonyl (C=O) groups is 1. The third-order valence-corrected chi connectivity index (χ3v) is 7.31. The lowest BCUT2D eigenvalue weighted by Gasteiger charge is -2.16. The van der Waals surface area contributed by atoms with Crippen molar-refractivity contribution in [2.45, 2.75) is 31.7 Å². The van der Waals surface area contributed by atoms with Gasteiger partial charge in [-0.1, -0.05) is 0 Å². The van der Waals surface area contributed by atoms with Crippen molar-refractivity contribution in [3.63, 3.8) is 0 Å². The number of aliphatic hydroxyl groups is 1. The highest BCUT2D eigenvalue weighted by Crippen LogP contribution is 2.34. The van der Waals surface area contributed by atoms with E-state index in [0.29, 0.717) is 22.3 Å². The Kier molecular flexibility index (Phi) is 8.01. The van der Waals surface area contributed by atoms with E-state index in [-0.39, 0.29) is 19.3 Å². The molecule has 2 atom stereocenters. The maximum absolute atomic E-state index is 12.8. The number of nitrogens with zero attached hydrogens (tertiary/aromatic N) is 3. The predicted molar refractivity (Wildman–Crippen MR) is 132 cm³/mol. The summed E-state index contributed by atoms with van der Waals surface area (Å²) in [5.74, 6) is 0.975. The summed E-state index contributed by atoms with van der Waals surface area (Å²) in [7, 11) is -2.92. The van der Waals surface area contributed by atoms with E-state index in [0.717, 1.165) is 16.0 Å². The molecule has 0 aliphatic heterocycles. The fraction of sp³-hybridized carbons (Fsp3) is 0.318. The number of rotatable bonds is 8. The number of aromatic nitrogens is 2. The number of ether oxygens (including phenoxy) is 1. The first-order valence-electron chi connectivity index (χ1n) is 10.3. The molecule has 3 aromatic rings. The van der Waals surface area contributed by atoms with Crippen LogP contribution in [0, 0.1) is 6.92 Å². The number of aliphatic hydroxyl groups excluding tert-OH is 1. The van der Waals surface area contributed by atoms with Gasteiger partial charge in [0.2, 0.25) is 5.95 Å². The number of thiophene rings is 1. The zero-order valence-corrected chi connectivity index (χ0v) is 20.5. The molecule has 0 saturated carbocycles. The van der Waals surface area contributed by atoms with Gasteiger partial charge in [-0.15, -0.1) is 15.7 Å². The maximum atomic E-state index is 12.8. The summed E-state index contributed by atoms with van der Waals surface area (Å²) in [5.41, 5.74) is 2.65. The van der Waals surface area contributed by atoms with Crippen molar-refractivity contribution in [1.82, 2.24) is 9.97 Å². The Bertz CT molecular complexity index is 1230. The average molecular weight is 490 g/mol. The zero-order valence-electron chi connectivity index (χ0n) is 18.9. The Morgan fingerprint density at radius 3 is 2.64 bits per heavy atom. The molecule has 2 heterocycles. The second kappa shape index (κ2) is 10.7. The molecular weight excluding hydrogens is 462 g/mol. The molecule has 0 bridgehead atoms. The lowest BCUT2D eigenvalue weighted by atomic mass is 10.1. The number of amides is 1. The molecular formula is C22H27N5O4S2. The molecule has 176 valence electrons. The number of aryl methyl sites for hydroxylation is 1. The van der Waals surface area contributed by atoms with Gasteiger partial charge in [0.1, 0.15) is 5.82 Å². The summed E-state index contributed by atoms with van der Waals surface area (Å²) in [4.78, 5) is 22.1. The highest BCUT2D eigenvalue weighted by Gasteiger charge is 2.15. The smallest absolute Gasteiger partial charge is 0.442 e. The van der Waals surface area contributed by atoms with Crippen molar-refractivity contribution in [3.05, 3.63) is 47.5 Å². The molecule has 0 fully saturated rings. The minimum atomic E-state index is -2.92. The summed E-state index contributed by atoms with van der Waals surface area (Å²) >= 11 is 1.60. The van der Waals surface area contributed by atoms with Gasteiger partial charge in [0.25, 0.3) is 0 Å². The van der Waals surface area contributed by atoms with E-state index in [1.165, 1.54) is 6.26 Å². The zero-order chi connectivity index (χ0) is 24.0. The lowest BCUT2D eigenvalue weighted by Crippen LogP contribution is -2.21. The normalized spacial score (nSPS) is 13.6. The topological polar surface area (TPSA) is 126 Å². The molecule has 0 radical (unpaired) electrons. The van der Waals surface area contributed by atoms with Gasteiger partial charge < -0.3 is 20.5 Å². The summed E-state index contributed by atoms with van der Waals surface area (Å²) < 4.78 is 21.2. The first kappa shape index (κ1) is 24.6. The first-order valence-corrected chi connectivity index (χ1v) is 13.1. The molecule has 11 heteroatoms. The largest absolute Gasteiger partial charge is 0.448 e. The van der Waals surface area contributed by atoms with Crippen LogP contribution in [0.25, 0.3) is 10.4 Å². The molecule has 0 saturated heterocycles.